The Labute approximate surface area is 131 Å². The number of hydrogen-bond acceptors (Lipinski definition) is 3. The first-order valence-corrected chi connectivity index (χ1v) is 8.23. The summed E-state index contributed by atoms with van der Waals surface area (Å²) in [6, 6.07) is 7.76. The summed E-state index contributed by atoms with van der Waals surface area (Å²) < 4.78 is 5.43. The Hall–Kier alpha value is -1.39. The Balaban J connectivity index is 1.62. The summed E-state index contributed by atoms with van der Waals surface area (Å²) in [5, 5.41) is 13.3. The molecule has 0 aromatic heterocycles. The number of ether oxygens (including phenoxy) is 1. The maximum Gasteiger partial charge on any atom is 0.226 e. The second-order valence-corrected chi connectivity index (χ2v) is 6.63. The third-order valence-corrected chi connectivity index (χ3v) is 5.20. The van der Waals surface area contributed by atoms with Crippen molar-refractivity contribution in [3.05, 3.63) is 35.4 Å². The van der Waals surface area contributed by atoms with Crippen molar-refractivity contribution in [1.82, 2.24) is 5.32 Å². The lowest BCUT2D eigenvalue weighted by molar-refractivity contribution is -0.139. The van der Waals surface area contributed by atoms with Gasteiger partial charge in [0.05, 0.1) is 11.5 Å². The average Bonchev–Trinajstić information content (AvgIpc) is 3.38. The van der Waals surface area contributed by atoms with Gasteiger partial charge in [0.2, 0.25) is 5.91 Å². The van der Waals surface area contributed by atoms with Crippen molar-refractivity contribution in [2.45, 2.75) is 38.7 Å². The summed E-state index contributed by atoms with van der Waals surface area (Å²) in [5.41, 5.74) is 1.67. The van der Waals surface area contributed by atoms with Crippen LogP contribution in [0.4, 0.5) is 0 Å². The molecule has 4 heteroatoms. The van der Waals surface area contributed by atoms with E-state index in [0.717, 1.165) is 36.8 Å². The van der Waals surface area contributed by atoms with Crippen LogP contribution in [0.1, 0.15) is 42.9 Å². The molecule has 120 valence electrons. The largest absolute Gasteiger partial charge is 0.387 e. The van der Waals surface area contributed by atoms with Crippen LogP contribution in [0.25, 0.3) is 0 Å². The van der Waals surface area contributed by atoms with Crippen molar-refractivity contribution in [2.24, 2.45) is 11.3 Å². The zero-order valence-corrected chi connectivity index (χ0v) is 13.2. The summed E-state index contributed by atoms with van der Waals surface area (Å²) in [7, 11) is 0. The fourth-order valence-electron chi connectivity index (χ4n) is 3.63. The molecule has 0 bridgehead atoms. The highest BCUT2D eigenvalue weighted by atomic mass is 16.5. The van der Waals surface area contributed by atoms with Crippen molar-refractivity contribution < 1.29 is 14.6 Å². The third kappa shape index (κ3) is 3.03. The molecule has 1 atom stereocenters. The van der Waals surface area contributed by atoms with Crippen molar-refractivity contribution in [3.63, 3.8) is 0 Å². The summed E-state index contributed by atoms with van der Waals surface area (Å²) in [6.45, 7) is 3.60. The van der Waals surface area contributed by atoms with Gasteiger partial charge in [0, 0.05) is 19.8 Å². The second kappa shape index (κ2) is 6.39. The van der Waals surface area contributed by atoms with E-state index in [1.54, 1.807) is 0 Å². The predicted octanol–water partition coefficient (Wildman–Crippen LogP) is 2.35. The van der Waals surface area contributed by atoms with Gasteiger partial charge in [-0.25, -0.2) is 0 Å². The lowest BCUT2D eigenvalue weighted by atomic mass is 9.74. The summed E-state index contributed by atoms with van der Waals surface area (Å²) in [4.78, 5) is 12.7. The molecular weight excluding hydrogens is 278 g/mol. The van der Waals surface area contributed by atoms with Crippen LogP contribution < -0.4 is 5.32 Å². The number of aliphatic hydroxyl groups excluding tert-OH is 1. The van der Waals surface area contributed by atoms with Crippen LogP contribution in [0.5, 0.6) is 0 Å². The molecule has 1 saturated heterocycles. The lowest BCUT2D eigenvalue weighted by Crippen LogP contribution is -2.47. The Morgan fingerprint density at radius 2 is 2.05 bits per heavy atom. The third-order valence-electron chi connectivity index (χ3n) is 5.20. The first-order chi connectivity index (χ1) is 10.6. The van der Waals surface area contributed by atoms with Crippen molar-refractivity contribution in [3.8, 4) is 0 Å². The molecule has 1 unspecified atom stereocenters. The minimum atomic E-state index is -0.652. The van der Waals surface area contributed by atoms with E-state index in [4.69, 9.17) is 4.74 Å². The van der Waals surface area contributed by atoms with E-state index in [1.165, 1.54) is 0 Å². The van der Waals surface area contributed by atoms with Gasteiger partial charge in [-0.3, -0.25) is 4.79 Å². The maximum absolute atomic E-state index is 12.7. The van der Waals surface area contributed by atoms with Gasteiger partial charge < -0.3 is 15.2 Å². The van der Waals surface area contributed by atoms with Gasteiger partial charge in [0.25, 0.3) is 0 Å². The zero-order valence-electron chi connectivity index (χ0n) is 13.2. The highest BCUT2D eigenvalue weighted by Gasteiger charge is 2.51. The standard InChI is InChI=1S/C18H25NO3/c1-13-4-2-3-5-15(13)16(20)12-19-17(21)18(14-6-7-14)8-10-22-11-9-18/h2-5,14,16,20H,6-12H2,1H3,(H,19,21). The van der Waals surface area contributed by atoms with E-state index in [0.29, 0.717) is 19.1 Å². The van der Waals surface area contributed by atoms with Crippen molar-refractivity contribution >= 4 is 5.91 Å². The minimum absolute atomic E-state index is 0.103. The van der Waals surface area contributed by atoms with E-state index in [9.17, 15) is 9.90 Å². The molecule has 0 radical (unpaired) electrons. The first kappa shape index (κ1) is 15.5. The first-order valence-electron chi connectivity index (χ1n) is 8.23. The van der Waals surface area contributed by atoms with Crippen LogP contribution in [0, 0.1) is 18.3 Å². The van der Waals surface area contributed by atoms with Crippen LogP contribution in [-0.2, 0) is 9.53 Å². The fraction of sp³-hybridized carbons (Fsp3) is 0.611. The van der Waals surface area contributed by atoms with Crippen LogP contribution >= 0.6 is 0 Å². The molecule has 0 spiro atoms. The van der Waals surface area contributed by atoms with Gasteiger partial charge in [-0.05, 0) is 49.7 Å². The van der Waals surface area contributed by atoms with Gasteiger partial charge >= 0.3 is 0 Å². The van der Waals surface area contributed by atoms with Crippen molar-refractivity contribution in [2.75, 3.05) is 19.8 Å². The van der Waals surface area contributed by atoms with Crippen LogP contribution in [-0.4, -0.2) is 30.8 Å². The molecule has 22 heavy (non-hydrogen) atoms. The molecule has 1 aromatic carbocycles. The van der Waals surface area contributed by atoms with Gasteiger partial charge in [-0.2, -0.15) is 0 Å². The van der Waals surface area contributed by atoms with Crippen LogP contribution in [0.15, 0.2) is 24.3 Å². The number of nitrogens with one attached hydrogen (secondary N) is 1. The zero-order chi connectivity index (χ0) is 15.6. The van der Waals surface area contributed by atoms with Gasteiger partial charge in [0.1, 0.15) is 0 Å². The van der Waals surface area contributed by atoms with Crippen LogP contribution in [0.2, 0.25) is 0 Å². The SMILES string of the molecule is Cc1ccccc1C(O)CNC(=O)C1(C2CC2)CCOCC1. The van der Waals surface area contributed by atoms with Gasteiger partial charge in [-0.1, -0.05) is 24.3 Å². The molecule has 3 rings (SSSR count). The summed E-state index contributed by atoms with van der Waals surface area (Å²) in [6.07, 6.45) is 3.26. The quantitative estimate of drug-likeness (QED) is 0.878. The molecule has 2 aliphatic rings. The minimum Gasteiger partial charge on any atom is -0.387 e. The average molecular weight is 303 g/mol. The van der Waals surface area contributed by atoms with Crippen LogP contribution in [0.3, 0.4) is 0 Å². The highest BCUT2D eigenvalue weighted by molar-refractivity contribution is 5.83. The molecule has 1 aliphatic heterocycles. The monoisotopic (exact) mass is 303 g/mol. The molecule has 2 N–H and O–H groups in total. The molecule has 2 fully saturated rings. The van der Waals surface area contributed by atoms with E-state index in [2.05, 4.69) is 5.32 Å². The Bertz CT molecular complexity index is 533. The normalized spacial score (nSPS) is 22.1. The Morgan fingerprint density at radius 1 is 1.36 bits per heavy atom. The summed E-state index contributed by atoms with van der Waals surface area (Å²) in [5.74, 6) is 0.609. The molecule has 1 aliphatic carbocycles. The van der Waals surface area contributed by atoms with E-state index < -0.39 is 6.10 Å². The molecule has 1 heterocycles. The summed E-state index contributed by atoms with van der Waals surface area (Å²) >= 11 is 0. The highest BCUT2D eigenvalue weighted by Crippen LogP contribution is 2.51. The number of aliphatic hydroxyl groups is 1. The van der Waals surface area contributed by atoms with Gasteiger partial charge in [-0.15, -0.1) is 0 Å². The number of carbonyl (C=O) groups is 1. The maximum atomic E-state index is 12.7. The molecule has 1 saturated carbocycles. The smallest absolute Gasteiger partial charge is 0.226 e. The predicted molar refractivity (Wildman–Crippen MR) is 84.4 cm³/mol. The number of rotatable bonds is 5. The molecule has 1 aromatic rings. The van der Waals surface area contributed by atoms with Crippen molar-refractivity contribution in [1.29, 1.82) is 0 Å². The lowest BCUT2D eigenvalue weighted by Gasteiger charge is -2.36. The van der Waals surface area contributed by atoms with E-state index >= 15 is 0 Å². The number of aryl methyl sites for hydroxylation is 1. The molecule has 1 amide bonds. The number of carbonyl (C=O) groups excluding carboxylic acids is 1. The number of benzene rings is 1. The Kier molecular flexibility index (Phi) is 4.50. The second-order valence-electron chi connectivity index (χ2n) is 6.63. The fourth-order valence-corrected chi connectivity index (χ4v) is 3.63. The molecule has 4 nitrogen and oxygen atoms in total. The Morgan fingerprint density at radius 3 is 2.68 bits per heavy atom. The topological polar surface area (TPSA) is 58.6 Å². The van der Waals surface area contributed by atoms with Gasteiger partial charge in [0.15, 0.2) is 0 Å². The molecular formula is C18H25NO3. The number of amides is 1. The number of hydrogen-bond donors (Lipinski definition) is 2. The van der Waals surface area contributed by atoms with E-state index in [1.807, 2.05) is 31.2 Å². The van der Waals surface area contributed by atoms with E-state index in [-0.39, 0.29) is 17.9 Å².